The Bertz CT molecular complexity index is 582. The molecule has 0 saturated heterocycles. The molecule has 0 bridgehead atoms. The van der Waals surface area contributed by atoms with Crippen LogP contribution in [0.2, 0.25) is 5.15 Å². The average molecular weight is 310 g/mol. The van der Waals surface area contributed by atoms with Crippen molar-refractivity contribution in [3.8, 4) is 0 Å². The van der Waals surface area contributed by atoms with E-state index in [1.54, 1.807) is 37.4 Å². The summed E-state index contributed by atoms with van der Waals surface area (Å²) in [5, 5.41) is 15.8. The van der Waals surface area contributed by atoms with Crippen molar-refractivity contribution in [3.05, 3.63) is 53.2 Å². The van der Waals surface area contributed by atoms with E-state index in [-0.39, 0.29) is 6.54 Å². The van der Waals surface area contributed by atoms with E-state index in [1.807, 2.05) is 0 Å². The third kappa shape index (κ3) is 4.47. The largest absolute Gasteiger partial charge is 0.466 e. The predicted octanol–water partition coefficient (Wildman–Crippen LogP) is 2.03. The Morgan fingerprint density at radius 2 is 2.24 bits per heavy atom. The molecule has 0 spiro atoms. The molecule has 7 heteroatoms. The number of nitrogens with zero attached hydrogens (tertiary/aromatic N) is 1. The summed E-state index contributed by atoms with van der Waals surface area (Å²) in [6, 6.07) is 6.36. The van der Waals surface area contributed by atoms with Gasteiger partial charge in [-0.05, 0) is 30.7 Å². The van der Waals surface area contributed by atoms with Crippen LogP contribution in [-0.4, -0.2) is 22.7 Å². The van der Waals surface area contributed by atoms with E-state index in [0.717, 1.165) is 5.56 Å². The van der Waals surface area contributed by atoms with Crippen LogP contribution in [0.3, 0.4) is 0 Å². The maximum Gasteiger partial charge on any atom is 0.315 e. The van der Waals surface area contributed by atoms with E-state index < -0.39 is 11.6 Å². The number of nitrogens with one attached hydrogen (secondary N) is 2. The molecule has 2 heterocycles. The first-order chi connectivity index (χ1) is 9.97. The van der Waals surface area contributed by atoms with Gasteiger partial charge in [-0.3, -0.25) is 0 Å². The van der Waals surface area contributed by atoms with Crippen LogP contribution in [0, 0.1) is 0 Å². The van der Waals surface area contributed by atoms with Gasteiger partial charge in [-0.15, -0.1) is 0 Å². The van der Waals surface area contributed by atoms with Gasteiger partial charge >= 0.3 is 6.03 Å². The second kappa shape index (κ2) is 6.60. The molecular weight excluding hydrogens is 294 g/mol. The maximum atomic E-state index is 11.7. The molecule has 3 N–H and O–H groups in total. The minimum atomic E-state index is -1.26. The van der Waals surface area contributed by atoms with Crippen LogP contribution in [0.15, 0.2) is 41.1 Å². The summed E-state index contributed by atoms with van der Waals surface area (Å²) in [5.74, 6) is 0.393. The van der Waals surface area contributed by atoms with Crippen LogP contribution in [0.25, 0.3) is 0 Å². The van der Waals surface area contributed by atoms with Gasteiger partial charge < -0.3 is 20.2 Å². The highest BCUT2D eigenvalue weighted by Gasteiger charge is 2.26. The molecule has 2 amide bonds. The molecule has 0 fully saturated rings. The number of aliphatic hydroxyl groups is 1. The quantitative estimate of drug-likeness (QED) is 0.738. The Balaban J connectivity index is 1.78. The predicted molar refractivity (Wildman–Crippen MR) is 77.8 cm³/mol. The zero-order valence-corrected chi connectivity index (χ0v) is 12.2. The molecule has 1 unspecified atom stereocenters. The molecule has 1 atom stereocenters. The average Bonchev–Trinajstić information content (AvgIpc) is 3.00. The van der Waals surface area contributed by atoms with Gasteiger partial charge in [0.15, 0.2) is 0 Å². The van der Waals surface area contributed by atoms with Gasteiger partial charge in [-0.25, -0.2) is 9.78 Å². The molecule has 0 aliphatic carbocycles. The van der Waals surface area contributed by atoms with Crippen molar-refractivity contribution in [2.75, 3.05) is 6.54 Å². The molecule has 21 heavy (non-hydrogen) atoms. The number of hydrogen-bond acceptors (Lipinski definition) is 4. The number of hydrogen-bond donors (Lipinski definition) is 3. The van der Waals surface area contributed by atoms with Gasteiger partial charge in [0.25, 0.3) is 0 Å². The Hall–Kier alpha value is -2.05. The van der Waals surface area contributed by atoms with E-state index in [9.17, 15) is 9.90 Å². The number of urea groups is 1. The summed E-state index contributed by atoms with van der Waals surface area (Å²) in [6.07, 6.45) is 3.05. The molecule has 0 aromatic carbocycles. The number of rotatable bonds is 5. The molecule has 0 saturated carbocycles. The summed E-state index contributed by atoms with van der Waals surface area (Å²) in [4.78, 5) is 15.6. The second-order valence-corrected chi connectivity index (χ2v) is 5.16. The summed E-state index contributed by atoms with van der Waals surface area (Å²) >= 11 is 5.68. The minimum absolute atomic E-state index is 0.0330. The van der Waals surface area contributed by atoms with Gasteiger partial charge in [0.05, 0.1) is 12.8 Å². The molecular formula is C14H16ClN3O3. The molecule has 0 aliphatic heterocycles. The van der Waals surface area contributed by atoms with Crippen molar-refractivity contribution in [1.82, 2.24) is 15.6 Å². The zero-order valence-electron chi connectivity index (χ0n) is 11.5. The molecule has 2 aromatic rings. The molecule has 0 radical (unpaired) electrons. The Labute approximate surface area is 127 Å². The molecule has 0 aliphatic rings. The van der Waals surface area contributed by atoms with Crippen molar-refractivity contribution in [2.45, 2.75) is 19.1 Å². The van der Waals surface area contributed by atoms with Crippen LogP contribution in [0.4, 0.5) is 4.79 Å². The van der Waals surface area contributed by atoms with Gasteiger partial charge in [-0.2, -0.15) is 0 Å². The number of halogens is 1. The van der Waals surface area contributed by atoms with E-state index in [4.69, 9.17) is 16.0 Å². The highest BCUT2D eigenvalue weighted by molar-refractivity contribution is 6.29. The fourth-order valence-corrected chi connectivity index (χ4v) is 1.79. The maximum absolute atomic E-state index is 11.7. The summed E-state index contributed by atoms with van der Waals surface area (Å²) < 4.78 is 5.13. The summed E-state index contributed by atoms with van der Waals surface area (Å²) in [5.41, 5.74) is -0.435. The van der Waals surface area contributed by atoms with Gasteiger partial charge in [0.2, 0.25) is 0 Å². The highest BCUT2D eigenvalue weighted by Crippen LogP contribution is 2.19. The number of carbonyl (C=O) groups is 1. The van der Waals surface area contributed by atoms with Crippen molar-refractivity contribution >= 4 is 17.6 Å². The smallest absolute Gasteiger partial charge is 0.315 e. The van der Waals surface area contributed by atoms with Crippen molar-refractivity contribution in [2.24, 2.45) is 0 Å². The minimum Gasteiger partial charge on any atom is -0.466 e. The van der Waals surface area contributed by atoms with Gasteiger partial charge in [-0.1, -0.05) is 17.7 Å². The second-order valence-electron chi connectivity index (χ2n) is 4.78. The third-order valence-corrected chi connectivity index (χ3v) is 3.11. The summed E-state index contributed by atoms with van der Waals surface area (Å²) in [7, 11) is 0. The number of carbonyl (C=O) groups excluding carboxylic acids is 1. The number of pyridine rings is 1. The van der Waals surface area contributed by atoms with Crippen LogP contribution >= 0.6 is 11.6 Å². The lowest BCUT2D eigenvalue weighted by atomic mass is 10.0. The lowest BCUT2D eigenvalue weighted by Gasteiger charge is -2.21. The SMILES string of the molecule is CC(O)(CNC(=O)NCc1ccc(Cl)nc1)c1ccco1. The van der Waals surface area contributed by atoms with Gasteiger partial charge in [0.1, 0.15) is 16.5 Å². The zero-order chi connectivity index (χ0) is 15.3. The lowest BCUT2D eigenvalue weighted by Crippen LogP contribution is -2.43. The van der Waals surface area contributed by atoms with Crippen LogP contribution < -0.4 is 10.6 Å². The summed E-state index contributed by atoms with van der Waals surface area (Å²) in [6.45, 7) is 1.92. The van der Waals surface area contributed by atoms with Crippen molar-refractivity contribution in [1.29, 1.82) is 0 Å². The first-order valence-electron chi connectivity index (χ1n) is 6.36. The molecule has 112 valence electrons. The van der Waals surface area contributed by atoms with E-state index >= 15 is 0 Å². The van der Waals surface area contributed by atoms with Gasteiger partial charge in [0, 0.05) is 12.7 Å². The number of furan rings is 1. The fourth-order valence-electron chi connectivity index (χ4n) is 1.68. The van der Waals surface area contributed by atoms with Crippen LogP contribution in [0.5, 0.6) is 0 Å². The van der Waals surface area contributed by atoms with E-state index in [1.165, 1.54) is 6.26 Å². The Morgan fingerprint density at radius 1 is 1.43 bits per heavy atom. The monoisotopic (exact) mass is 309 g/mol. The Morgan fingerprint density at radius 3 is 2.86 bits per heavy atom. The highest BCUT2D eigenvalue weighted by atomic mass is 35.5. The first-order valence-corrected chi connectivity index (χ1v) is 6.74. The topological polar surface area (TPSA) is 87.4 Å². The number of aromatic nitrogens is 1. The molecule has 6 nitrogen and oxygen atoms in total. The Kier molecular flexibility index (Phi) is 4.82. The van der Waals surface area contributed by atoms with Crippen LogP contribution in [-0.2, 0) is 12.1 Å². The number of amides is 2. The van der Waals surface area contributed by atoms with E-state index in [2.05, 4.69) is 15.6 Å². The lowest BCUT2D eigenvalue weighted by molar-refractivity contribution is 0.0367. The molecule has 2 rings (SSSR count). The third-order valence-electron chi connectivity index (χ3n) is 2.89. The normalized spacial score (nSPS) is 13.5. The first kappa shape index (κ1) is 15.3. The van der Waals surface area contributed by atoms with E-state index in [0.29, 0.717) is 17.5 Å². The standard InChI is InChI=1S/C14H16ClN3O3/c1-14(20,11-3-2-6-21-11)9-18-13(19)17-8-10-4-5-12(15)16-7-10/h2-7,20H,8-9H2,1H3,(H2,17,18,19). The fraction of sp³-hybridized carbons (Fsp3) is 0.286. The van der Waals surface area contributed by atoms with Crippen molar-refractivity contribution in [3.63, 3.8) is 0 Å². The molecule has 2 aromatic heterocycles. The van der Waals surface area contributed by atoms with Crippen LogP contribution in [0.1, 0.15) is 18.2 Å². The van der Waals surface area contributed by atoms with Crippen molar-refractivity contribution < 1.29 is 14.3 Å².